The van der Waals surface area contributed by atoms with Crippen molar-refractivity contribution in [2.45, 2.75) is 0 Å². The molecule has 2 N–H and O–H groups in total. The highest BCUT2D eigenvalue weighted by molar-refractivity contribution is 6.02. The molecule has 0 fully saturated rings. The van der Waals surface area contributed by atoms with Gasteiger partial charge in [0.2, 0.25) is 0 Å². The monoisotopic (exact) mass is 353 g/mol. The SMILES string of the molecule is C=C=CC(=O)Nc1ccc2ncnc(Nc3cccc4ncccc34)c2c1. The standard InChI is InChI=1S/C21H15N5O/c1-2-5-20(27)25-14-9-10-18-16(12-14)21(24-13-23-18)26-19-8-3-7-17-15(19)6-4-11-22-17/h3-13H,1H2,(H,25,27)(H,23,24,26). The van der Waals surface area contributed by atoms with E-state index < -0.39 is 0 Å². The first kappa shape index (κ1) is 16.4. The molecule has 0 aliphatic heterocycles. The summed E-state index contributed by atoms with van der Waals surface area (Å²) >= 11 is 0. The zero-order chi connectivity index (χ0) is 18.6. The van der Waals surface area contributed by atoms with Gasteiger partial charge < -0.3 is 10.6 Å². The van der Waals surface area contributed by atoms with Gasteiger partial charge in [-0.25, -0.2) is 9.97 Å². The second kappa shape index (κ2) is 7.07. The maximum Gasteiger partial charge on any atom is 0.256 e. The van der Waals surface area contributed by atoms with Gasteiger partial charge in [0.15, 0.2) is 0 Å². The number of fused-ring (bicyclic) bond motifs is 2. The van der Waals surface area contributed by atoms with Gasteiger partial charge in [-0.3, -0.25) is 9.78 Å². The number of nitrogens with one attached hydrogen (secondary N) is 2. The predicted octanol–water partition coefficient (Wildman–Crippen LogP) is 4.20. The molecule has 0 spiro atoms. The fourth-order valence-electron chi connectivity index (χ4n) is 2.84. The molecular formula is C21H15N5O. The largest absolute Gasteiger partial charge is 0.339 e. The van der Waals surface area contributed by atoms with Gasteiger partial charge in [-0.2, -0.15) is 0 Å². The molecule has 0 bridgehead atoms. The second-order valence-electron chi connectivity index (χ2n) is 5.79. The molecule has 130 valence electrons. The van der Waals surface area contributed by atoms with Gasteiger partial charge in [-0.15, -0.1) is 5.73 Å². The smallest absolute Gasteiger partial charge is 0.256 e. The molecule has 4 aromatic rings. The van der Waals surface area contributed by atoms with E-state index in [-0.39, 0.29) is 5.91 Å². The van der Waals surface area contributed by atoms with Crippen molar-refractivity contribution in [3.05, 3.63) is 79.4 Å². The Morgan fingerprint density at radius 2 is 1.89 bits per heavy atom. The van der Waals surface area contributed by atoms with Gasteiger partial charge in [0.25, 0.3) is 5.91 Å². The highest BCUT2D eigenvalue weighted by Gasteiger charge is 2.08. The molecule has 0 aliphatic carbocycles. The van der Waals surface area contributed by atoms with Crippen LogP contribution in [0.2, 0.25) is 0 Å². The van der Waals surface area contributed by atoms with E-state index in [9.17, 15) is 4.79 Å². The zero-order valence-electron chi connectivity index (χ0n) is 14.3. The summed E-state index contributed by atoms with van der Waals surface area (Å²) in [5.74, 6) is 0.350. The van der Waals surface area contributed by atoms with E-state index in [1.165, 1.54) is 12.4 Å². The minimum Gasteiger partial charge on any atom is -0.339 e. The van der Waals surface area contributed by atoms with Gasteiger partial charge in [-0.1, -0.05) is 12.6 Å². The zero-order valence-corrected chi connectivity index (χ0v) is 14.3. The predicted molar refractivity (Wildman–Crippen MR) is 107 cm³/mol. The third kappa shape index (κ3) is 3.38. The van der Waals surface area contributed by atoms with Gasteiger partial charge in [-0.05, 0) is 42.5 Å². The minimum atomic E-state index is -0.296. The molecule has 0 saturated carbocycles. The Balaban J connectivity index is 1.76. The van der Waals surface area contributed by atoms with Gasteiger partial charge >= 0.3 is 0 Å². The summed E-state index contributed by atoms with van der Waals surface area (Å²) in [5, 5.41) is 7.91. The van der Waals surface area contributed by atoms with Gasteiger partial charge in [0.05, 0.1) is 11.0 Å². The number of carbonyl (C=O) groups is 1. The normalized spacial score (nSPS) is 10.4. The number of pyridine rings is 1. The first-order valence-corrected chi connectivity index (χ1v) is 8.27. The summed E-state index contributed by atoms with van der Waals surface area (Å²) in [6, 6.07) is 15.2. The number of rotatable bonds is 4. The van der Waals surface area contributed by atoms with Crippen molar-refractivity contribution in [3.8, 4) is 0 Å². The summed E-state index contributed by atoms with van der Waals surface area (Å²) in [6.07, 6.45) is 4.51. The molecule has 6 heteroatoms. The number of amides is 1. The third-order valence-corrected chi connectivity index (χ3v) is 4.03. The topological polar surface area (TPSA) is 79.8 Å². The van der Waals surface area contributed by atoms with Gasteiger partial charge in [0.1, 0.15) is 12.1 Å². The minimum absolute atomic E-state index is 0.296. The summed E-state index contributed by atoms with van der Waals surface area (Å²) < 4.78 is 0. The molecule has 0 aliphatic rings. The number of hydrogen-bond acceptors (Lipinski definition) is 5. The van der Waals surface area contributed by atoms with Crippen LogP contribution in [0.15, 0.2) is 79.4 Å². The van der Waals surface area contributed by atoms with Crippen molar-refractivity contribution >= 4 is 44.9 Å². The van der Waals surface area contributed by atoms with Crippen LogP contribution >= 0.6 is 0 Å². The van der Waals surface area contributed by atoms with Crippen LogP contribution < -0.4 is 10.6 Å². The van der Waals surface area contributed by atoms with E-state index >= 15 is 0 Å². The highest BCUT2D eigenvalue weighted by atomic mass is 16.1. The molecule has 2 aromatic heterocycles. The number of aromatic nitrogens is 3. The fourth-order valence-corrected chi connectivity index (χ4v) is 2.84. The molecule has 1 amide bonds. The molecule has 4 rings (SSSR count). The number of anilines is 3. The molecular weight excluding hydrogens is 338 g/mol. The van der Waals surface area contributed by atoms with Crippen LogP contribution in [0.5, 0.6) is 0 Å². The molecule has 2 heterocycles. The Labute approximate surface area is 155 Å². The molecule has 2 aromatic carbocycles. The van der Waals surface area contributed by atoms with E-state index in [2.05, 4.69) is 37.9 Å². The lowest BCUT2D eigenvalue weighted by Gasteiger charge is -2.11. The maximum atomic E-state index is 11.7. The van der Waals surface area contributed by atoms with Crippen LogP contribution in [0.25, 0.3) is 21.8 Å². The highest BCUT2D eigenvalue weighted by Crippen LogP contribution is 2.29. The van der Waals surface area contributed by atoms with Crippen molar-refractivity contribution in [1.82, 2.24) is 15.0 Å². The molecule has 0 radical (unpaired) electrons. The Morgan fingerprint density at radius 3 is 2.78 bits per heavy atom. The summed E-state index contributed by atoms with van der Waals surface area (Å²) in [6.45, 7) is 3.40. The maximum absolute atomic E-state index is 11.7. The molecule has 0 atom stereocenters. The molecule has 6 nitrogen and oxygen atoms in total. The lowest BCUT2D eigenvalue weighted by atomic mass is 10.1. The van der Waals surface area contributed by atoms with Crippen LogP contribution in [-0.4, -0.2) is 20.9 Å². The number of nitrogens with zero attached hydrogens (tertiary/aromatic N) is 3. The van der Waals surface area contributed by atoms with Crippen LogP contribution in [0.3, 0.4) is 0 Å². The van der Waals surface area contributed by atoms with Crippen LogP contribution in [0, 0.1) is 0 Å². The molecule has 27 heavy (non-hydrogen) atoms. The average molecular weight is 353 g/mol. The Hall–Kier alpha value is -4.02. The number of hydrogen-bond donors (Lipinski definition) is 2. The Bertz CT molecular complexity index is 1210. The summed E-state index contributed by atoms with van der Waals surface area (Å²) in [5.41, 5.74) is 5.65. The first-order chi connectivity index (χ1) is 13.2. The van der Waals surface area contributed by atoms with E-state index in [0.29, 0.717) is 11.5 Å². The van der Waals surface area contributed by atoms with E-state index in [0.717, 1.165) is 27.5 Å². The average Bonchev–Trinajstić information content (AvgIpc) is 2.69. The van der Waals surface area contributed by atoms with Crippen LogP contribution in [0.1, 0.15) is 0 Å². The molecule has 0 unspecified atom stereocenters. The van der Waals surface area contributed by atoms with E-state index in [1.807, 2.05) is 42.5 Å². The van der Waals surface area contributed by atoms with Gasteiger partial charge in [0, 0.05) is 34.4 Å². The molecule has 0 saturated heterocycles. The third-order valence-electron chi connectivity index (χ3n) is 4.03. The second-order valence-corrected chi connectivity index (χ2v) is 5.79. The Kier molecular flexibility index (Phi) is 4.31. The van der Waals surface area contributed by atoms with Crippen molar-refractivity contribution in [2.24, 2.45) is 0 Å². The van der Waals surface area contributed by atoms with Crippen molar-refractivity contribution < 1.29 is 4.79 Å². The quantitative estimate of drug-likeness (QED) is 0.424. The van der Waals surface area contributed by atoms with Crippen molar-refractivity contribution in [2.75, 3.05) is 10.6 Å². The Morgan fingerprint density at radius 1 is 1.00 bits per heavy atom. The van der Waals surface area contributed by atoms with Crippen LogP contribution in [-0.2, 0) is 4.79 Å². The lowest BCUT2D eigenvalue weighted by Crippen LogP contribution is -2.07. The first-order valence-electron chi connectivity index (χ1n) is 8.27. The van der Waals surface area contributed by atoms with Crippen LogP contribution in [0.4, 0.5) is 17.2 Å². The summed E-state index contributed by atoms with van der Waals surface area (Å²) in [7, 11) is 0. The number of benzene rings is 2. The van der Waals surface area contributed by atoms with Crippen molar-refractivity contribution in [1.29, 1.82) is 0 Å². The van der Waals surface area contributed by atoms with E-state index in [4.69, 9.17) is 0 Å². The lowest BCUT2D eigenvalue weighted by molar-refractivity contribution is -0.111. The van der Waals surface area contributed by atoms with Crippen molar-refractivity contribution in [3.63, 3.8) is 0 Å². The fraction of sp³-hybridized carbons (Fsp3) is 0. The number of carbonyl (C=O) groups excluding carboxylic acids is 1. The van der Waals surface area contributed by atoms with E-state index in [1.54, 1.807) is 12.3 Å². The summed E-state index contributed by atoms with van der Waals surface area (Å²) in [4.78, 5) is 24.8.